The van der Waals surface area contributed by atoms with Crippen LogP contribution in [0.25, 0.3) is 0 Å². The first-order valence-electron chi connectivity index (χ1n) is 8.71. The minimum absolute atomic E-state index is 0. The second kappa shape index (κ2) is 13.2. The van der Waals surface area contributed by atoms with Crippen molar-refractivity contribution in [2.75, 3.05) is 46.6 Å². The van der Waals surface area contributed by atoms with E-state index in [1.165, 1.54) is 25.7 Å². The van der Waals surface area contributed by atoms with Crippen molar-refractivity contribution in [3.8, 4) is 0 Å². The first kappa shape index (κ1) is 22.9. The summed E-state index contributed by atoms with van der Waals surface area (Å²) in [6, 6.07) is 0. The highest BCUT2D eigenvalue weighted by Gasteiger charge is 2.37. The number of halogens is 1. The minimum atomic E-state index is 0. The Kier molecular flexibility index (Phi) is 13.2. The number of hydrogen-bond acceptors (Lipinski definition) is 3. The highest BCUT2D eigenvalue weighted by Crippen LogP contribution is 2.46. The van der Waals surface area contributed by atoms with Crippen LogP contribution in [0.1, 0.15) is 46.5 Å². The van der Waals surface area contributed by atoms with Gasteiger partial charge in [0.15, 0.2) is 5.96 Å². The number of methoxy groups -OCH3 is 1. The van der Waals surface area contributed by atoms with Crippen LogP contribution in [0.2, 0.25) is 0 Å². The van der Waals surface area contributed by atoms with Gasteiger partial charge in [-0.05, 0) is 37.5 Å². The molecule has 138 valence electrons. The predicted molar refractivity (Wildman–Crippen MR) is 108 cm³/mol. The molecule has 0 amide bonds. The monoisotopic (exact) mass is 441 g/mol. The van der Waals surface area contributed by atoms with Crippen LogP contribution in [-0.4, -0.2) is 52.5 Å². The lowest BCUT2D eigenvalue weighted by molar-refractivity contribution is 0.0733. The average molecular weight is 441 g/mol. The molecule has 1 rings (SSSR count). The van der Waals surface area contributed by atoms with E-state index in [2.05, 4.69) is 31.4 Å². The zero-order valence-electron chi connectivity index (χ0n) is 15.3. The molecule has 0 aromatic rings. The summed E-state index contributed by atoms with van der Waals surface area (Å²) in [6.45, 7) is 11.3. The molecule has 0 saturated heterocycles. The predicted octanol–water partition coefficient (Wildman–Crippen LogP) is 3.04. The van der Waals surface area contributed by atoms with Crippen LogP contribution in [0, 0.1) is 11.3 Å². The van der Waals surface area contributed by atoms with Gasteiger partial charge in [-0.3, -0.25) is 4.99 Å². The summed E-state index contributed by atoms with van der Waals surface area (Å²) in [5, 5.41) is 6.66. The Morgan fingerprint density at radius 1 is 1.17 bits per heavy atom. The summed E-state index contributed by atoms with van der Waals surface area (Å²) >= 11 is 0. The highest BCUT2D eigenvalue weighted by molar-refractivity contribution is 14.0. The van der Waals surface area contributed by atoms with E-state index in [0.717, 1.165) is 31.5 Å². The van der Waals surface area contributed by atoms with Gasteiger partial charge < -0.3 is 20.1 Å². The van der Waals surface area contributed by atoms with Crippen molar-refractivity contribution in [1.29, 1.82) is 0 Å². The van der Waals surface area contributed by atoms with Gasteiger partial charge in [-0.25, -0.2) is 0 Å². The number of ether oxygens (including phenoxy) is 2. The van der Waals surface area contributed by atoms with Crippen LogP contribution < -0.4 is 10.6 Å². The van der Waals surface area contributed by atoms with Crippen molar-refractivity contribution in [2.45, 2.75) is 46.5 Å². The maximum absolute atomic E-state index is 5.46. The van der Waals surface area contributed by atoms with E-state index in [1.807, 2.05) is 0 Å². The number of nitrogens with one attached hydrogen (secondary N) is 2. The first-order valence-corrected chi connectivity index (χ1v) is 8.71. The minimum Gasteiger partial charge on any atom is -0.382 e. The van der Waals surface area contributed by atoms with E-state index in [1.54, 1.807) is 7.11 Å². The smallest absolute Gasteiger partial charge is 0.191 e. The number of guanidine groups is 1. The summed E-state index contributed by atoms with van der Waals surface area (Å²) in [4.78, 5) is 4.81. The van der Waals surface area contributed by atoms with Crippen LogP contribution in [0.15, 0.2) is 4.99 Å². The molecule has 0 unspecified atom stereocenters. The molecule has 23 heavy (non-hydrogen) atoms. The fourth-order valence-corrected chi connectivity index (χ4v) is 3.04. The lowest BCUT2D eigenvalue weighted by Crippen LogP contribution is -2.41. The maximum Gasteiger partial charge on any atom is 0.191 e. The number of nitrogens with zero attached hydrogens (tertiary/aromatic N) is 1. The van der Waals surface area contributed by atoms with E-state index >= 15 is 0 Å². The van der Waals surface area contributed by atoms with E-state index in [-0.39, 0.29) is 24.0 Å². The van der Waals surface area contributed by atoms with E-state index in [9.17, 15) is 0 Å². The zero-order valence-corrected chi connectivity index (χ0v) is 17.7. The van der Waals surface area contributed by atoms with Crippen molar-refractivity contribution in [2.24, 2.45) is 16.3 Å². The Labute approximate surface area is 159 Å². The molecule has 0 bridgehead atoms. The molecule has 1 fully saturated rings. The SMILES string of the molecule is CCNC(=NCC1(CC(C)C)CCC1)NCCOCCOC.I. The molecule has 6 heteroatoms. The second-order valence-corrected chi connectivity index (χ2v) is 6.68. The van der Waals surface area contributed by atoms with Crippen LogP contribution in [0.4, 0.5) is 0 Å². The Hall–Kier alpha value is -0.0800. The normalized spacial score (nSPS) is 16.7. The number of rotatable bonds is 11. The lowest BCUT2D eigenvalue weighted by Gasteiger charge is -2.42. The Morgan fingerprint density at radius 3 is 2.43 bits per heavy atom. The van der Waals surface area contributed by atoms with Gasteiger partial charge in [0.2, 0.25) is 0 Å². The summed E-state index contributed by atoms with van der Waals surface area (Å²) in [6.07, 6.45) is 5.30. The molecular formula is C17H36IN3O2. The van der Waals surface area contributed by atoms with Crippen LogP contribution in [0.5, 0.6) is 0 Å². The zero-order chi connectivity index (χ0) is 16.3. The van der Waals surface area contributed by atoms with Crippen molar-refractivity contribution < 1.29 is 9.47 Å². The van der Waals surface area contributed by atoms with Crippen LogP contribution in [0.3, 0.4) is 0 Å². The lowest BCUT2D eigenvalue weighted by atomic mass is 9.64. The molecule has 0 radical (unpaired) electrons. The molecule has 0 aromatic carbocycles. The third kappa shape index (κ3) is 9.72. The van der Waals surface area contributed by atoms with Gasteiger partial charge in [-0.2, -0.15) is 0 Å². The molecule has 1 saturated carbocycles. The van der Waals surface area contributed by atoms with Crippen LogP contribution in [-0.2, 0) is 9.47 Å². The van der Waals surface area contributed by atoms with Gasteiger partial charge in [0.05, 0.1) is 19.8 Å². The number of aliphatic imine (C=N–C) groups is 1. The van der Waals surface area contributed by atoms with Crippen molar-refractivity contribution in [3.63, 3.8) is 0 Å². The van der Waals surface area contributed by atoms with Gasteiger partial charge in [0.25, 0.3) is 0 Å². The van der Waals surface area contributed by atoms with Gasteiger partial charge in [-0.1, -0.05) is 20.3 Å². The topological polar surface area (TPSA) is 54.9 Å². The Morgan fingerprint density at radius 2 is 1.91 bits per heavy atom. The molecule has 5 nitrogen and oxygen atoms in total. The molecule has 0 heterocycles. The second-order valence-electron chi connectivity index (χ2n) is 6.68. The van der Waals surface area contributed by atoms with Crippen LogP contribution >= 0.6 is 24.0 Å². The van der Waals surface area contributed by atoms with Gasteiger partial charge in [0.1, 0.15) is 0 Å². The Balaban J connectivity index is 0.00000484. The fourth-order valence-electron chi connectivity index (χ4n) is 3.04. The fraction of sp³-hybridized carbons (Fsp3) is 0.941. The Bertz CT molecular complexity index is 321. The van der Waals surface area contributed by atoms with E-state index in [4.69, 9.17) is 14.5 Å². The summed E-state index contributed by atoms with van der Waals surface area (Å²) < 4.78 is 10.4. The van der Waals surface area contributed by atoms with Crippen molar-refractivity contribution in [1.82, 2.24) is 10.6 Å². The molecule has 0 aromatic heterocycles. The summed E-state index contributed by atoms with van der Waals surface area (Å²) in [7, 11) is 1.69. The van der Waals surface area contributed by atoms with Gasteiger partial charge >= 0.3 is 0 Å². The van der Waals surface area contributed by atoms with Crippen molar-refractivity contribution >= 4 is 29.9 Å². The standard InChI is InChI=1S/C17H35N3O2.HI/c1-5-18-16(19-9-10-22-12-11-21-4)20-14-17(7-6-8-17)13-15(2)3;/h15H,5-14H2,1-4H3,(H2,18,19,20);1H. The van der Waals surface area contributed by atoms with E-state index in [0.29, 0.717) is 25.2 Å². The molecule has 0 aliphatic heterocycles. The molecule has 0 atom stereocenters. The highest BCUT2D eigenvalue weighted by atomic mass is 127. The molecule has 0 spiro atoms. The molecule has 2 N–H and O–H groups in total. The van der Waals surface area contributed by atoms with Gasteiger partial charge in [-0.15, -0.1) is 24.0 Å². The average Bonchev–Trinajstić information content (AvgIpc) is 2.44. The third-order valence-corrected chi connectivity index (χ3v) is 4.14. The largest absolute Gasteiger partial charge is 0.382 e. The maximum atomic E-state index is 5.46. The quantitative estimate of drug-likeness (QED) is 0.224. The summed E-state index contributed by atoms with van der Waals surface area (Å²) in [5.41, 5.74) is 0.450. The first-order chi connectivity index (χ1) is 10.6. The number of hydrogen-bond donors (Lipinski definition) is 2. The molecular weight excluding hydrogens is 405 g/mol. The van der Waals surface area contributed by atoms with Crippen molar-refractivity contribution in [3.05, 3.63) is 0 Å². The van der Waals surface area contributed by atoms with Gasteiger partial charge in [0, 0.05) is 26.7 Å². The summed E-state index contributed by atoms with van der Waals surface area (Å²) in [5.74, 6) is 1.66. The van der Waals surface area contributed by atoms with E-state index < -0.39 is 0 Å². The third-order valence-electron chi connectivity index (χ3n) is 4.14. The molecule has 1 aliphatic carbocycles. The molecule has 1 aliphatic rings.